The van der Waals surface area contributed by atoms with Gasteiger partial charge in [0.05, 0.1) is 11.1 Å². The molecule has 0 atom stereocenters. The Balaban J connectivity index is 2.12. The lowest BCUT2D eigenvalue weighted by molar-refractivity contribution is 0.0908. The first-order valence-electron chi connectivity index (χ1n) is 5.89. The van der Waals surface area contributed by atoms with Gasteiger partial charge < -0.3 is 10.5 Å². The third-order valence-electron chi connectivity index (χ3n) is 2.69. The second kappa shape index (κ2) is 5.97. The van der Waals surface area contributed by atoms with Gasteiger partial charge in [-0.1, -0.05) is 24.3 Å². The number of hydrogen-bond donors (Lipinski definition) is 1. The number of benzene rings is 2. The molecule has 0 heterocycles. The Bertz CT molecular complexity index is 655. The number of ketones is 1. The fraction of sp³-hybridized carbons (Fsp3) is 0.0667. The average Bonchev–Trinajstić information content (AvgIpc) is 2.45. The van der Waals surface area contributed by atoms with E-state index < -0.39 is 17.5 Å². The molecular weight excluding hydrogens is 261 g/mol. The van der Waals surface area contributed by atoms with Crippen molar-refractivity contribution in [3.63, 3.8) is 0 Å². The lowest BCUT2D eigenvalue weighted by Gasteiger charge is -2.09. The number of halogens is 1. The topological polar surface area (TPSA) is 69.4 Å². The molecule has 0 aliphatic heterocycles. The Kier molecular flexibility index (Phi) is 4.10. The highest BCUT2D eigenvalue weighted by molar-refractivity contribution is 5.98. The van der Waals surface area contributed by atoms with E-state index in [4.69, 9.17) is 10.5 Å². The SMILES string of the molecule is NC(=O)c1ccccc1OCC(=O)c1ccccc1F. The van der Waals surface area contributed by atoms with Gasteiger partial charge in [0.1, 0.15) is 11.6 Å². The number of Topliss-reactive ketones (excluding diaryl/α,β-unsaturated/α-hetero) is 1. The highest BCUT2D eigenvalue weighted by Gasteiger charge is 2.14. The Morgan fingerprint density at radius 2 is 1.60 bits per heavy atom. The fourth-order valence-electron chi connectivity index (χ4n) is 1.70. The summed E-state index contributed by atoms with van der Waals surface area (Å²) >= 11 is 0. The third kappa shape index (κ3) is 3.00. The zero-order valence-corrected chi connectivity index (χ0v) is 10.5. The van der Waals surface area contributed by atoms with Crippen LogP contribution in [0.3, 0.4) is 0 Å². The van der Waals surface area contributed by atoms with Gasteiger partial charge in [0.15, 0.2) is 6.61 Å². The molecule has 0 saturated heterocycles. The van der Waals surface area contributed by atoms with Crippen molar-refractivity contribution in [2.24, 2.45) is 5.73 Å². The van der Waals surface area contributed by atoms with Crippen molar-refractivity contribution in [1.82, 2.24) is 0 Å². The van der Waals surface area contributed by atoms with Gasteiger partial charge in [0, 0.05) is 0 Å². The van der Waals surface area contributed by atoms with Crippen LogP contribution in [0.15, 0.2) is 48.5 Å². The molecule has 5 heteroatoms. The van der Waals surface area contributed by atoms with Gasteiger partial charge in [0.25, 0.3) is 5.91 Å². The first-order valence-corrected chi connectivity index (χ1v) is 5.89. The number of hydrogen-bond acceptors (Lipinski definition) is 3. The van der Waals surface area contributed by atoms with Crippen LogP contribution in [0.4, 0.5) is 4.39 Å². The van der Waals surface area contributed by atoms with Gasteiger partial charge in [-0.05, 0) is 24.3 Å². The normalized spacial score (nSPS) is 10.1. The molecule has 0 radical (unpaired) electrons. The highest BCUT2D eigenvalue weighted by atomic mass is 19.1. The lowest BCUT2D eigenvalue weighted by Crippen LogP contribution is -2.17. The Labute approximate surface area is 115 Å². The maximum Gasteiger partial charge on any atom is 0.252 e. The van der Waals surface area contributed by atoms with E-state index in [2.05, 4.69) is 0 Å². The number of carbonyl (C=O) groups excluding carboxylic acids is 2. The minimum Gasteiger partial charge on any atom is -0.485 e. The lowest BCUT2D eigenvalue weighted by atomic mass is 10.1. The van der Waals surface area contributed by atoms with Crippen molar-refractivity contribution >= 4 is 11.7 Å². The van der Waals surface area contributed by atoms with Crippen LogP contribution in [0.2, 0.25) is 0 Å². The second-order valence-corrected chi connectivity index (χ2v) is 4.05. The van der Waals surface area contributed by atoms with Crippen molar-refractivity contribution < 1.29 is 18.7 Å². The predicted octanol–water partition coefficient (Wildman–Crippen LogP) is 2.19. The monoisotopic (exact) mass is 273 g/mol. The van der Waals surface area contributed by atoms with Gasteiger partial charge in [-0.2, -0.15) is 0 Å². The molecule has 0 aromatic heterocycles. The number of carbonyl (C=O) groups is 2. The molecule has 0 unspecified atom stereocenters. The largest absolute Gasteiger partial charge is 0.485 e. The van der Waals surface area contributed by atoms with Crippen LogP contribution in [-0.4, -0.2) is 18.3 Å². The van der Waals surface area contributed by atoms with E-state index in [1.165, 1.54) is 30.3 Å². The molecule has 20 heavy (non-hydrogen) atoms. The molecule has 0 saturated carbocycles. The summed E-state index contributed by atoms with van der Waals surface area (Å²) in [6, 6.07) is 11.9. The number of primary amides is 1. The minimum absolute atomic E-state index is 0.0518. The van der Waals surface area contributed by atoms with Crippen molar-refractivity contribution in [3.05, 3.63) is 65.5 Å². The first kappa shape index (κ1) is 13.7. The van der Waals surface area contributed by atoms with Gasteiger partial charge >= 0.3 is 0 Å². The van der Waals surface area contributed by atoms with E-state index in [-0.39, 0.29) is 23.5 Å². The fourth-order valence-corrected chi connectivity index (χ4v) is 1.70. The summed E-state index contributed by atoms with van der Waals surface area (Å²) < 4.78 is 18.7. The molecule has 2 N–H and O–H groups in total. The van der Waals surface area contributed by atoms with Crippen LogP contribution in [0.5, 0.6) is 5.75 Å². The standard InChI is InChI=1S/C15H12FNO3/c16-12-7-3-1-5-10(12)13(18)9-20-14-8-4-2-6-11(14)15(17)19/h1-8H,9H2,(H2,17,19). The van der Waals surface area contributed by atoms with E-state index in [1.807, 2.05) is 0 Å². The van der Waals surface area contributed by atoms with Crippen molar-refractivity contribution in [3.8, 4) is 5.75 Å². The Morgan fingerprint density at radius 1 is 1.00 bits per heavy atom. The summed E-state index contributed by atoms with van der Waals surface area (Å²) in [7, 11) is 0. The number of para-hydroxylation sites is 1. The van der Waals surface area contributed by atoms with E-state index in [0.717, 1.165) is 0 Å². The van der Waals surface area contributed by atoms with Gasteiger partial charge in [-0.15, -0.1) is 0 Å². The molecule has 0 spiro atoms. The number of rotatable bonds is 5. The third-order valence-corrected chi connectivity index (χ3v) is 2.69. The average molecular weight is 273 g/mol. The van der Waals surface area contributed by atoms with Crippen molar-refractivity contribution in [2.45, 2.75) is 0 Å². The molecule has 2 aromatic rings. The maximum absolute atomic E-state index is 13.4. The summed E-state index contributed by atoms with van der Waals surface area (Å²) in [5, 5.41) is 0. The van der Waals surface area contributed by atoms with E-state index in [9.17, 15) is 14.0 Å². The predicted molar refractivity (Wildman–Crippen MR) is 71.2 cm³/mol. The Morgan fingerprint density at radius 3 is 2.25 bits per heavy atom. The molecule has 2 aromatic carbocycles. The number of ether oxygens (including phenoxy) is 1. The molecule has 2 rings (SSSR count). The van der Waals surface area contributed by atoms with E-state index in [1.54, 1.807) is 18.2 Å². The second-order valence-electron chi connectivity index (χ2n) is 4.05. The van der Waals surface area contributed by atoms with Crippen molar-refractivity contribution in [1.29, 1.82) is 0 Å². The van der Waals surface area contributed by atoms with Crippen LogP contribution >= 0.6 is 0 Å². The zero-order valence-electron chi connectivity index (χ0n) is 10.5. The summed E-state index contributed by atoms with van der Waals surface area (Å²) in [6.07, 6.45) is 0. The van der Waals surface area contributed by atoms with Crippen molar-refractivity contribution in [2.75, 3.05) is 6.61 Å². The van der Waals surface area contributed by atoms with Gasteiger partial charge in [-0.25, -0.2) is 4.39 Å². The molecule has 0 fully saturated rings. The van der Waals surface area contributed by atoms with Crippen LogP contribution in [0.25, 0.3) is 0 Å². The molecule has 0 aliphatic carbocycles. The maximum atomic E-state index is 13.4. The first-order chi connectivity index (χ1) is 9.59. The molecule has 0 aliphatic rings. The molecule has 4 nitrogen and oxygen atoms in total. The van der Waals surface area contributed by atoms with E-state index in [0.29, 0.717) is 0 Å². The van der Waals surface area contributed by atoms with Crippen LogP contribution in [-0.2, 0) is 0 Å². The number of nitrogens with two attached hydrogens (primary N) is 1. The summed E-state index contributed by atoms with van der Waals surface area (Å²) in [5.74, 6) is -1.57. The smallest absolute Gasteiger partial charge is 0.252 e. The summed E-state index contributed by atoms with van der Waals surface area (Å²) in [5.41, 5.74) is 5.32. The van der Waals surface area contributed by atoms with Crippen LogP contribution in [0, 0.1) is 5.82 Å². The molecule has 0 bridgehead atoms. The van der Waals surface area contributed by atoms with Crippen LogP contribution < -0.4 is 10.5 Å². The summed E-state index contributed by atoms with van der Waals surface area (Å²) in [6.45, 7) is -0.370. The quantitative estimate of drug-likeness (QED) is 0.849. The molecular formula is C15H12FNO3. The minimum atomic E-state index is -0.654. The van der Waals surface area contributed by atoms with Gasteiger partial charge in [-0.3, -0.25) is 9.59 Å². The zero-order chi connectivity index (χ0) is 14.5. The highest BCUT2D eigenvalue weighted by Crippen LogP contribution is 2.17. The molecule has 102 valence electrons. The van der Waals surface area contributed by atoms with Gasteiger partial charge in [0.2, 0.25) is 5.78 Å². The molecule has 1 amide bonds. The Hall–Kier alpha value is -2.69. The van der Waals surface area contributed by atoms with Crippen LogP contribution in [0.1, 0.15) is 20.7 Å². The summed E-state index contributed by atoms with van der Waals surface area (Å²) in [4.78, 5) is 23.0. The van der Waals surface area contributed by atoms with E-state index >= 15 is 0 Å². The number of amides is 1.